The highest BCUT2D eigenvalue weighted by molar-refractivity contribution is 7.13. The molecule has 0 aliphatic carbocycles. The number of fused-ring (bicyclic) bond motifs is 1. The molecule has 8 heteroatoms. The normalized spacial score (nSPS) is 12.1. The van der Waals surface area contributed by atoms with Gasteiger partial charge in [0.15, 0.2) is 11.5 Å². The van der Waals surface area contributed by atoms with Gasteiger partial charge in [-0.2, -0.15) is 0 Å². The fourth-order valence-corrected chi connectivity index (χ4v) is 3.44. The van der Waals surface area contributed by atoms with Crippen LogP contribution in [-0.2, 0) is 6.61 Å². The molecule has 6 nitrogen and oxygen atoms in total. The summed E-state index contributed by atoms with van der Waals surface area (Å²) >= 11 is 1.26. The molecule has 1 aliphatic rings. The van der Waals surface area contributed by atoms with E-state index in [1.807, 2.05) is 0 Å². The van der Waals surface area contributed by atoms with Gasteiger partial charge in [0.05, 0.1) is 5.69 Å². The maximum Gasteiger partial charge on any atom is 0.267 e. The number of hydrogen-bond donors (Lipinski definition) is 1. The van der Waals surface area contributed by atoms with Gasteiger partial charge in [-0.3, -0.25) is 4.79 Å². The Morgan fingerprint density at radius 1 is 1.22 bits per heavy atom. The largest absolute Gasteiger partial charge is 0.486 e. The van der Waals surface area contributed by atoms with Crippen LogP contribution in [0.25, 0.3) is 0 Å². The summed E-state index contributed by atoms with van der Waals surface area (Å²) < 4.78 is 29.1. The maximum absolute atomic E-state index is 12.9. The van der Waals surface area contributed by atoms with Crippen LogP contribution in [0.5, 0.6) is 17.2 Å². The summed E-state index contributed by atoms with van der Waals surface area (Å²) in [6.07, 6.45) is 0. The van der Waals surface area contributed by atoms with Crippen molar-refractivity contribution in [3.63, 3.8) is 0 Å². The van der Waals surface area contributed by atoms with E-state index in [9.17, 15) is 9.18 Å². The number of hydrogen-bond acceptors (Lipinski definition) is 6. The maximum atomic E-state index is 12.9. The molecule has 3 aromatic rings. The number of halogens is 1. The van der Waals surface area contributed by atoms with Gasteiger partial charge < -0.3 is 19.5 Å². The fourth-order valence-electron chi connectivity index (χ4n) is 2.56. The first-order chi connectivity index (χ1) is 13.1. The fraction of sp³-hybridized carbons (Fsp3) is 0.158. The molecule has 0 saturated heterocycles. The summed E-state index contributed by atoms with van der Waals surface area (Å²) in [6, 6.07) is 11.0. The lowest BCUT2D eigenvalue weighted by atomic mass is 10.2. The lowest BCUT2D eigenvalue weighted by Gasteiger charge is -2.05. The van der Waals surface area contributed by atoms with Crippen molar-refractivity contribution >= 4 is 22.9 Å². The first-order valence-electron chi connectivity index (χ1n) is 8.14. The highest BCUT2D eigenvalue weighted by atomic mass is 32.1. The topological polar surface area (TPSA) is 69.7 Å². The average Bonchev–Trinajstić information content (AvgIpc) is 3.27. The molecule has 0 bridgehead atoms. The van der Waals surface area contributed by atoms with E-state index < -0.39 is 0 Å². The molecule has 138 valence electrons. The van der Waals surface area contributed by atoms with Crippen molar-refractivity contribution in [2.75, 3.05) is 12.1 Å². The van der Waals surface area contributed by atoms with Crippen molar-refractivity contribution in [1.29, 1.82) is 0 Å². The third-order valence-corrected chi connectivity index (χ3v) is 4.98. The van der Waals surface area contributed by atoms with E-state index in [1.165, 1.54) is 23.5 Å². The minimum Gasteiger partial charge on any atom is -0.486 e. The van der Waals surface area contributed by atoms with E-state index in [4.69, 9.17) is 14.2 Å². The number of nitrogens with one attached hydrogen (secondary N) is 1. The summed E-state index contributed by atoms with van der Waals surface area (Å²) in [4.78, 5) is 17.4. The van der Waals surface area contributed by atoms with Crippen LogP contribution in [0, 0.1) is 12.7 Å². The van der Waals surface area contributed by atoms with Crippen LogP contribution in [-0.4, -0.2) is 17.7 Å². The molecular formula is C19H15FN2O4S. The first kappa shape index (κ1) is 17.3. The number of benzene rings is 2. The Morgan fingerprint density at radius 3 is 2.81 bits per heavy atom. The highest BCUT2D eigenvalue weighted by Gasteiger charge is 2.18. The second-order valence-corrected chi connectivity index (χ2v) is 6.87. The Labute approximate surface area is 158 Å². The second-order valence-electron chi connectivity index (χ2n) is 5.79. The van der Waals surface area contributed by atoms with Crippen molar-refractivity contribution in [3.05, 3.63) is 63.9 Å². The lowest BCUT2D eigenvalue weighted by molar-refractivity contribution is 0.103. The summed E-state index contributed by atoms with van der Waals surface area (Å²) in [6.45, 7) is 2.15. The van der Waals surface area contributed by atoms with Gasteiger partial charge >= 0.3 is 0 Å². The van der Waals surface area contributed by atoms with E-state index >= 15 is 0 Å². The van der Waals surface area contributed by atoms with Gasteiger partial charge in [-0.15, -0.1) is 11.3 Å². The molecule has 27 heavy (non-hydrogen) atoms. The molecule has 0 spiro atoms. The molecule has 0 fully saturated rings. The molecule has 1 aromatic heterocycles. The van der Waals surface area contributed by atoms with E-state index in [0.717, 1.165) is 0 Å². The Balaban J connectivity index is 1.42. The molecule has 2 aromatic carbocycles. The van der Waals surface area contributed by atoms with Crippen molar-refractivity contribution in [2.45, 2.75) is 13.5 Å². The quantitative estimate of drug-likeness (QED) is 0.713. The van der Waals surface area contributed by atoms with Gasteiger partial charge in [0, 0.05) is 11.8 Å². The van der Waals surface area contributed by atoms with Crippen LogP contribution in [0.1, 0.15) is 20.4 Å². The number of rotatable bonds is 5. The van der Waals surface area contributed by atoms with Crippen LogP contribution < -0.4 is 19.5 Å². The number of aryl methyl sites for hydroxylation is 1. The van der Waals surface area contributed by atoms with Gasteiger partial charge in [-0.1, -0.05) is 0 Å². The number of ether oxygens (including phenoxy) is 3. The lowest BCUT2D eigenvalue weighted by Crippen LogP contribution is -2.11. The molecule has 0 radical (unpaired) electrons. The van der Waals surface area contributed by atoms with E-state index in [2.05, 4.69) is 10.3 Å². The summed E-state index contributed by atoms with van der Waals surface area (Å²) in [5, 5.41) is 3.50. The minimum absolute atomic E-state index is 0.179. The molecule has 2 heterocycles. The minimum atomic E-state index is -0.324. The molecule has 1 amide bonds. The Bertz CT molecular complexity index is 988. The average molecular weight is 386 g/mol. The Kier molecular flexibility index (Phi) is 4.64. The number of anilines is 1. The highest BCUT2D eigenvalue weighted by Crippen LogP contribution is 2.34. The van der Waals surface area contributed by atoms with Crippen molar-refractivity contribution in [1.82, 2.24) is 4.98 Å². The van der Waals surface area contributed by atoms with Crippen LogP contribution in [0.15, 0.2) is 42.5 Å². The van der Waals surface area contributed by atoms with Gasteiger partial charge in [0.25, 0.3) is 5.91 Å². The smallest absolute Gasteiger partial charge is 0.267 e. The Morgan fingerprint density at radius 2 is 2.00 bits per heavy atom. The molecule has 1 N–H and O–H groups in total. The van der Waals surface area contributed by atoms with Crippen LogP contribution in [0.4, 0.5) is 10.1 Å². The first-order valence-corrected chi connectivity index (χ1v) is 8.96. The monoisotopic (exact) mass is 386 g/mol. The van der Waals surface area contributed by atoms with E-state index in [-0.39, 0.29) is 25.1 Å². The van der Waals surface area contributed by atoms with E-state index in [1.54, 1.807) is 37.3 Å². The third-order valence-electron chi connectivity index (χ3n) is 3.85. The summed E-state index contributed by atoms with van der Waals surface area (Å²) in [5.41, 5.74) is 1.23. The molecule has 1 aliphatic heterocycles. The second kappa shape index (κ2) is 7.24. The van der Waals surface area contributed by atoms with Gasteiger partial charge in [0.1, 0.15) is 28.1 Å². The molecule has 4 rings (SSSR count). The van der Waals surface area contributed by atoms with Crippen LogP contribution in [0.2, 0.25) is 0 Å². The molecular weight excluding hydrogens is 371 g/mol. The number of thiazole rings is 1. The van der Waals surface area contributed by atoms with Crippen LogP contribution >= 0.6 is 11.3 Å². The van der Waals surface area contributed by atoms with E-state index in [0.29, 0.717) is 38.5 Å². The van der Waals surface area contributed by atoms with Gasteiger partial charge in [-0.05, 0) is 43.3 Å². The number of carbonyl (C=O) groups is 1. The zero-order valence-corrected chi connectivity index (χ0v) is 15.1. The standard InChI is InChI=1S/C19H15FN2O4S/c1-11-18(19(23)22-13-4-7-15-16(8-13)26-10-25-15)27-17(21-11)9-24-14-5-2-12(20)3-6-14/h2-8H,9-10H2,1H3,(H,22,23). The van der Waals surface area contributed by atoms with Crippen molar-refractivity contribution < 1.29 is 23.4 Å². The molecule has 0 saturated carbocycles. The number of aromatic nitrogens is 1. The zero-order chi connectivity index (χ0) is 18.8. The molecule has 0 unspecified atom stereocenters. The van der Waals surface area contributed by atoms with Gasteiger partial charge in [-0.25, -0.2) is 9.37 Å². The number of carbonyl (C=O) groups excluding carboxylic acids is 1. The van der Waals surface area contributed by atoms with Crippen molar-refractivity contribution in [3.8, 4) is 17.2 Å². The van der Waals surface area contributed by atoms with Crippen molar-refractivity contribution in [2.24, 2.45) is 0 Å². The molecule has 0 atom stereocenters. The Hall–Kier alpha value is -3.13. The predicted molar refractivity (Wildman–Crippen MR) is 98.1 cm³/mol. The number of amides is 1. The van der Waals surface area contributed by atoms with Gasteiger partial charge in [0.2, 0.25) is 6.79 Å². The predicted octanol–water partition coefficient (Wildman–Crippen LogP) is 4.15. The summed E-state index contributed by atoms with van der Waals surface area (Å²) in [7, 11) is 0. The SMILES string of the molecule is Cc1nc(COc2ccc(F)cc2)sc1C(=O)Nc1ccc2c(c1)OCO2. The summed E-state index contributed by atoms with van der Waals surface area (Å²) in [5.74, 6) is 1.21. The van der Waals surface area contributed by atoms with Crippen LogP contribution in [0.3, 0.4) is 0 Å². The number of nitrogens with zero attached hydrogens (tertiary/aromatic N) is 1. The third kappa shape index (κ3) is 3.85. The zero-order valence-electron chi connectivity index (χ0n) is 14.3.